The number of phenols is 1. The van der Waals surface area contributed by atoms with Crippen LogP contribution in [-0.4, -0.2) is 37.2 Å². The molecule has 2 aromatic rings. The van der Waals surface area contributed by atoms with Gasteiger partial charge in [0.2, 0.25) is 0 Å². The Hall–Kier alpha value is -2.97. The minimum absolute atomic E-state index is 0.186. The van der Waals surface area contributed by atoms with Crippen molar-refractivity contribution >= 4 is 11.6 Å². The van der Waals surface area contributed by atoms with Crippen LogP contribution in [-0.2, 0) is 13.5 Å². The highest BCUT2D eigenvalue weighted by Gasteiger charge is 2.20. The fourth-order valence-electron chi connectivity index (χ4n) is 1.75. The molecule has 2 N–H and O–H groups in total. The summed E-state index contributed by atoms with van der Waals surface area (Å²) in [6.45, 7) is 0.232. The van der Waals surface area contributed by atoms with Gasteiger partial charge in [-0.05, 0) is 12.1 Å². The molecule has 0 saturated heterocycles. The van der Waals surface area contributed by atoms with Crippen molar-refractivity contribution in [3.63, 3.8) is 0 Å². The average molecular weight is 291 g/mol. The van der Waals surface area contributed by atoms with Crippen molar-refractivity contribution in [2.45, 2.75) is 6.42 Å². The Morgan fingerprint density at radius 1 is 1.52 bits per heavy atom. The molecular formula is C12H13N5O4. The maximum Gasteiger partial charge on any atom is 0.282 e. The SMILES string of the molecule is Cn1cnc(CCNC(=O)c2cc(O)ccc2[N+](=O)[O-])n1. The Labute approximate surface area is 119 Å². The monoisotopic (exact) mass is 291 g/mol. The van der Waals surface area contributed by atoms with Crippen LogP contribution in [0.3, 0.4) is 0 Å². The Balaban J connectivity index is 2.03. The summed E-state index contributed by atoms with van der Waals surface area (Å²) in [5.41, 5.74) is -0.546. The van der Waals surface area contributed by atoms with E-state index in [1.54, 1.807) is 7.05 Å². The average Bonchev–Trinajstić information content (AvgIpc) is 2.84. The molecule has 9 nitrogen and oxygen atoms in total. The zero-order valence-electron chi connectivity index (χ0n) is 11.2. The molecule has 0 unspecified atom stereocenters. The number of aromatic nitrogens is 3. The second-order valence-electron chi connectivity index (χ2n) is 4.30. The minimum atomic E-state index is -0.672. The number of hydrogen-bond acceptors (Lipinski definition) is 6. The van der Waals surface area contributed by atoms with Gasteiger partial charge < -0.3 is 10.4 Å². The first-order chi connectivity index (χ1) is 9.97. The Morgan fingerprint density at radius 2 is 2.29 bits per heavy atom. The number of nitrogens with zero attached hydrogens (tertiary/aromatic N) is 4. The van der Waals surface area contributed by atoms with Gasteiger partial charge in [0.05, 0.1) is 4.92 Å². The van der Waals surface area contributed by atoms with E-state index >= 15 is 0 Å². The van der Waals surface area contributed by atoms with Gasteiger partial charge >= 0.3 is 0 Å². The van der Waals surface area contributed by atoms with Gasteiger partial charge in [-0.25, -0.2) is 4.98 Å². The Bertz CT molecular complexity index is 682. The topological polar surface area (TPSA) is 123 Å². The van der Waals surface area contributed by atoms with Gasteiger partial charge in [-0.15, -0.1) is 0 Å². The van der Waals surface area contributed by atoms with Crippen molar-refractivity contribution in [3.8, 4) is 5.75 Å². The lowest BCUT2D eigenvalue weighted by molar-refractivity contribution is -0.385. The van der Waals surface area contributed by atoms with Crippen molar-refractivity contribution < 1.29 is 14.8 Å². The van der Waals surface area contributed by atoms with E-state index in [2.05, 4.69) is 15.4 Å². The molecule has 1 aromatic heterocycles. The van der Waals surface area contributed by atoms with Crippen LogP contribution in [0.2, 0.25) is 0 Å². The van der Waals surface area contributed by atoms with Crippen molar-refractivity contribution in [3.05, 3.63) is 46.0 Å². The molecule has 0 bridgehead atoms. The maximum absolute atomic E-state index is 11.9. The summed E-state index contributed by atoms with van der Waals surface area (Å²) in [5, 5.41) is 26.8. The predicted molar refractivity (Wildman–Crippen MR) is 71.8 cm³/mol. The van der Waals surface area contributed by atoms with E-state index in [0.717, 1.165) is 18.2 Å². The summed E-state index contributed by atoms with van der Waals surface area (Å²) in [4.78, 5) is 26.1. The summed E-state index contributed by atoms with van der Waals surface area (Å²) >= 11 is 0. The number of nitrogens with one attached hydrogen (secondary N) is 1. The number of carbonyl (C=O) groups is 1. The highest BCUT2D eigenvalue weighted by Crippen LogP contribution is 2.23. The van der Waals surface area contributed by atoms with E-state index in [9.17, 15) is 20.0 Å². The third kappa shape index (κ3) is 3.53. The number of benzene rings is 1. The molecule has 0 saturated carbocycles. The first kappa shape index (κ1) is 14.4. The number of aromatic hydroxyl groups is 1. The van der Waals surface area contributed by atoms with Crippen molar-refractivity contribution in [1.29, 1.82) is 0 Å². The van der Waals surface area contributed by atoms with Gasteiger partial charge in [-0.1, -0.05) is 0 Å². The first-order valence-corrected chi connectivity index (χ1v) is 6.07. The van der Waals surface area contributed by atoms with Crippen LogP contribution >= 0.6 is 0 Å². The zero-order valence-corrected chi connectivity index (χ0v) is 11.2. The number of amides is 1. The number of nitro groups is 1. The molecule has 1 amide bonds. The molecule has 0 aliphatic heterocycles. The molecule has 21 heavy (non-hydrogen) atoms. The van der Waals surface area contributed by atoms with Crippen LogP contribution in [0.5, 0.6) is 5.75 Å². The predicted octanol–water partition coefficient (Wildman–Crippen LogP) is 0.401. The Kier molecular flexibility index (Phi) is 4.12. The quantitative estimate of drug-likeness (QED) is 0.607. The van der Waals surface area contributed by atoms with Crippen LogP contribution in [0.25, 0.3) is 0 Å². The first-order valence-electron chi connectivity index (χ1n) is 6.07. The van der Waals surface area contributed by atoms with Crippen molar-refractivity contribution in [2.75, 3.05) is 6.54 Å². The summed E-state index contributed by atoms with van der Waals surface area (Å²) in [6, 6.07) is 3.31. The van der Waals surface area contributed by atoms with Gasteiger partial charge in [0.25, 0.3) is 11.6 Å². The molecule has 0 radical (unpaired) electrons. The molecule has 2 rings (SSSR count). The summed E-state index contributed by atoms with van der Waals surface area (Å²) in [6.07, 6.45) is 1.94. The fraction of sp³-hybridized carbons (Fsp3) is 0.250. The Morgan fingerprint density at radius 3 is 2.90 bits per heavy atom. The fourth-order valence-corrected chi connectivity index (χ4v) is 1.75. The highest BCUT2D eigenvalue weighted by molar-refractivity contribution is 5.98. The molecule has 0 aliphatic rings. The lowest BCUT2D eigenvalue weighted by Gasteiger charge is -2.05. The largest absolute Gasteiger partial charge is 0.508 e. The molecule has 0 atom stereocenters. The van der Waals surface area contributed by atoms with Gasteiger partial charge in [-0.2, -0.15) is 5.10 Å². The molecule has 1 aromatic carbocycles. The number of nitro benzene ring substituents is 1. The molecule has 1 heterocycles. The van der Waals surface area contributed by atoms with E-state index < -0.39 is 10.8 Å². The number of aryl methyl sites for hydroxylation is 1. The normalized spacial score (nSPS) is 10.3. The maximum atomic E-state index is 11.9. The number of hydrogen-bond donors (Lipinski definition) is 2. The van der Waals surface area contributed by atoms with E-state index in [0.29, 0.717) is 12.2 Å². The van der Waals surface area contributed by atoms with E-state index in [1.807, 2.05) is 0 Å². The van der Waals surface area contributed by atoms with Crippen LogP contribution in [0.4, 0.5) is 5.69 Å². The van der Waals surface area contributed by atoms with Gasteiger partial charge in [0.15, 0.2) is 5.82 Å². The smallest absolute Gasteiger partial charge is 0.282 e. The van der Waals surface area contributed by atoms with Crippen molar-refractivity contribution in [2.24, 2.45) is 7.05 Å². The zero-order chi connectivity index (χ0) is 15.4. The van der Waals surface area contributed by atoms with Crippen LogP contribution in [0.15, 0.2) is 24.5 Å². The van der Waals surface area contributed by atoms with Gasteiger partial charge in [0.1, 0.15) is 17.6 Å². The highest BCUT2D eigenvalue weighted by atomic mass is 16.6. The van der Waals surface area contributed by atoms with Crippen LogP contribution < -0.4 is 5.32 Å². The molecule has 0 aliphatic carbocycles. The molecule has 9 heteroatoms. The summed E-state index contributed by atoms with van der Waals surface area (Å²) in [5.74, 6) is -0.283. The van der Waals surface area contributed by atoms with E-state index in [-0.39, 0.29) is 23.5 Å². The molecule has 0 fully saturated rings. The summed E-state index contributed by atoms with van der Waals surface area (Å²) < 4.78 is 1.54. The summed E-state index contributed by atoms with van der Waals surface area (Å²) in [7, 11) is 1.73. The third-order valence-corrected chi connectivity index (χ3v) is 2.70. The second-order valence-corrected chi connectivity index (χ2v) is 4.30. The van der Waals surface area contributed by atoms with Crippen LogP contribution in [0, 0.1) is 10.1 Å². The lowest BCUT2D eigenvalue weighted by Crippen LogP contribution is -2.26. The number of rotatable bonds is 5. The third-order valence-electron chi connectivity index (χ3n) is 2.70. The van der Waals surface area contributed by atoms with E-state index in [1.165, 1.54) is 11.0 Å². The number of carbonyl (C=O) groups excluding carboxylic acids is 1. The standard InChI is InChI=1S/C12H13N5O4/c1-16-7-14-11(15-16)4-5-13-12(19)9-6-8(18)2-3-10(9)17(20)21/h2-3,6-7,18H,4-5H2,1H3,(H,13,19). The molecule has 0 spiro atoms. The van der Waals surface area contributed by atoms with E-state index in [4.69, 9.17) is 0 Å². The van der Waals surface area contributed by atoms with Gasteiger partial charge in [-0.3, -0.25) is 19.6 Å². The van der Waals surface area contributed by atoms with Crippen LogP contribution in [0.1, 0.15) is 16.2 Å². The number of phenolic OH excluding ortho intramolecular Hbond substituents is 1. The van der Waals surface area contributed by atoms with Gasteiger partial charge in [0, 0.05) is 26.1 Å². The lowest BCUT2D eigenvalue weighted by atomic mass is 10.1. The molecular weight excluding hydrogens is 278 g/mol. The van der Waals surface area contributed by atoms with Crippen molar-refractivity contribution in [1.82, 2.24) is 20.1 Å². The minimum Gasteiger partial charge on any atom is -0.508 e. The molecule has 110 valence electrons. The second kappa shape index (κ2) is 5.99.